The lowest BCUT2D eigenvalue weighted by Gasteiger charge is -2.09. The van der Waals surface area contributed by atoms with Gasteiger partial charge in [0.25, 0.3) is 0 Å². The minimum absolute atomic E-state index is 0.100. The molecule has 0 bridgehead atoms. The van der Waals surface area contributed by atoms with Crippen LogP contribution in [0.3, 0.4) is 0 Å². The number of anilines is 1. The van der Waals surface area contributed by atoms with E-state index >= 15 is 0 Å². The average molecular weight is 197 g/mol. The molecule has 0 spiro atoms. The van der Waals surface area contributed by atoms with E-state index in [1.165, 1.54) is 16.8 Å². The first-order valence-corrected chi connectivity index (χ1v) is 4.10. The largest absolute Gasteiger partial charge is 0.393 e. The summed E-state index contributed by atoms with van der Waals surface area (Å²) in [5, 5.41) is 10.5. The third-order valence-corrected chi connectivity index (χ3v) is 1.86. The van der Waals surface area contributed by atoms with Crippen LogP contribution in [0.2, 0.25) is 0 Å². The fraction of sp³-hybridized carbons (Fsp3) is 0.375. The average Bonchev–Trinajstić information content (AvgIpc) is 2.02. The summed E-state index contributed by atoms with van der Waals surface area (Å²) < 4.78 is 1.27. The van der Waals surface area contributed by atoms with E-state index in [2.05, 4.69) is 0 Å². The number of nitro groups is 1. The van der Waals surface area contributed by atoms with Crippen LogP contribution in [0.1, 0.15) is 19.9 Å². The zero-order valence-electron chi connectivity index (χ0n) is 7.93. The van der Waals surface area contributed by atoms with Gasteiger partial charge in [-0.3, -0.25) is 14.9 Å². The van der Waals surface area contributed by atoms with E-state index in [4.69, 9.17) is 5.73 Å². The second kappa shape index (κ2) is 3.49. The first-order valence-electron chi connectivity index (χ1n) is 4.10. The molecule has 1 heterocycles. The zero-order chi connectivity index (χ0) is 10.9. The second-order valence-corrected chi connectivity index (χ2v) is 3.18. The fourth-order valence-corrected chi connectivity index (χ4v) is 1.14. The summed E-state index contributed by atoms with van der Waals surface area (Å²) in [6.45, 7) is 3.53. The summed E-state index contributed by atoms with van der Waals surface area (Å²) in [5.41, 5.74) is 4.02. The maximum absolute atomic E-state index is 11.5. The van der Waals surface area contributed by atoms with E-state index < -0.39 is 16.2 Å². The number of nitrogen functional groups attached to an aromatic ring is 1. The van der Waals surface area contributed by atoms with Crippen LogP contribution in [0.25, 0.3) is 0 Å². The number of nitrogens with zero attached hydrogens (tertiary/aromatic N) is 2. The third-order valence-electron chi connectivity index (χ3n) is 1.86. The highest BCUT2D eigenvalue weighted by molar-refractivity contribution is 5.55. The summed E-state index contributed by atoms with van der Waals surface area (Å²) in [7, 11) is 0. The van der Waals surface area contributed by atoms with E-state index in [0.717, 1.165) is 0 Å². The van der Waals surface area contributed by atoms with Crippen LogP contribution in [-0.4, -0.2) is 9.49 Å². The molecule has 1 aromatic rings. The predicted molar refractivity (Wildman–Crippen MR) is 52.2 cm³/mol. The molecule has 0 aliphatic heterocycles. The number of hydrogen-bond donors (Lipinski definition) is 1. The Morgan fingerprint density at radius 2 is 2.14 bits per heavy atom. The van der Waals surface area contributed by atoms with Crippen molar-refractivity contribution in [2.45, 2.75) is 19.9 Å². The SMILES string of the molecule is CC(C)n1ccc(N)c([N+](=O)[O-])c1=O. The molecule has 0 saturated heterocycles. The highest BCUT2D eigenvalue weighted by Gasteiger charge is 2.19. The number of rotatable bonds is 2. The first kappa shape index (κ1) is 10.2. The second-order valence-electron chi connectivity index (χ2n) is 3.18. The minimum atomic E-state index is -0.753. The number of hydrogen-bond acceptors (Lipinski definition) is 4. The molecule has 0 aliphatic rings. The third kappa shape index (κ3) is 1.59. The number of pyridine rings is 1. The Labute approximate surface area is 80.1 Å². The lowest BCUT2D eigenvalue weighted by molar-refractivity contribution is -0.385. The van der Waals surface area contributed by atoms with Crippen molar-refractivity contribution in [2.24, 2.45) is 0 Å². The molecule has 6 heteroatoms. The molecule has 1 rings (SSSR count). The Kier molecular flexibility index (Phi) is 2.55. The van der Waals surface area contributed by atoms with Gasteiger partial charge in [-0.2, -0.15) is 0 Å². The molecule has 0 fully saturated rings. The molecular formula is C8H11N3O3. The van der Waals surface area contributed by atoms with Gasteiger partial charge in [-0.05, 0) is 19.9 Å². The Balaban J connectivity index is 3.50. The van der Waals surface area contributed by atoms with Gasteiger partial charge in [-0.25, -0.2) is 0 Å². The molecule has 0 aromatic carbocycles. The topological polar surface area (TPSA) is 91.2 Å². The molecule has 76 valence electrons. The molecule has 2 N–H and O–H groups in total. The van der Waals surface area contributed by atoms with Gasteiger partial charge in [0.05, 0.1) is 4.92 Å². The van der Waals surface area contributed by atoms with Crippen LogP contribution in [0.5, 0.6) is 0 Å². The monoisotopic (exact) mass is 197 g/mol. The summed E-state index contributed by atoms with van der Waals surface area (Å²) in [6, 6.07) is 1.24. The van der Waals surface area contributed by atoms with Gasteiger partial charge in [0, 0.05) is 12.2 Å². The normalized spacial score (nSPS) is 10.5. The van der Waals surface area contributed by atoms with Crippen molar-refractivity contribution in [3.8, 4) is 0 Å². The van der Waals surface area contributed by atoms with Crippen molar-refractivity contribution in [3.63, 3.8) is 0 Å². The van der Waals surface area contributed by atoms with E-state index in [9.17, 15) is 14.9 Å². The quantitative estimate of drug-likeness (QED) is 0.563. The van der Waals surface area contributed by atoms with Gasteiger partial charge in [0.2, 0.25) is 0 Å². The van der Waals surface area contributed by atoms with Crippen molar-refractivity contribution in [1.29, 1.82) is 0 Å². The van der Waals surface area contributed by atoms with Crippen LogP contribution in [0.4, 0.5) is 11.4 Å². The van der Waals surface area contributed by atoms with Crippen molar-refractivity contribution in [2.75, 3.05) is 5.73 Å². The molecule has 0 aliphatic carbocycles. The van der Waals surface area contributed by atoms with E-state index in [1.807, 2.05) is 0 Å². The van der Waals surface area contributed by atoms with Gasteiger partial charge in [0.15, 0.2) is 0 Å². The lowest BCUT2D eigenvalue weighted by atomic mass is 10.3. The summed E-state index contributed by atoms with van der Waals surface area (Å²) in [4.78, 5) is 21.3. The Hall–Kier alpha value is -1.85. The van der Waals surface area contributed by atoms with Gasteiger partial charge in [-0.1, -0.05) is 0 Å². The molecule has 6 nitrogen and oxygen atoms in total. The smallest absolute Gasteiger partial charge is 0.356 e. The van der Waals surface area contributed by atoms with Crippen LogP contribution in [0.15, 0.2) is 17.1 Å². The van der Waals surface area contributed by atoms with Crippen molar-refractivity contribution >= 4 is 11.4 Å². The minimum Gasteiger partial charge on any atom is -0.393 e. The first-order chi connectivity index (χ1) is 6.45. The van der Waals surface area contributed by atoms with E-state index in [-0.39, 0.29) is 11.7 Å². The highest BCUT2D eigenvalue weighted by Crippen LogP contribution is 2.15. The fourth-order valence-electron chi connectivity index (χ4n) is 1.14. The number of aromatic nitrogens is 1. The highest BCUT2D eigenvalue weighted by atomic mass is 16.6. The molecule has 1 aromatic heterocycles. The van der Waals surface area contributed by atoms with Crippen LogP contribution in [0, 0.1) is 10.1 Å². The molecule has 0 unspecified atom stereocenters. The Morgan fingerprint density at radius 1 is 1.57 bits per heavy atom. The maximum atomic E-state index is 11.5. The maximum Gasteiger partial charge on any atom is 0.356 e. The van der Waals surface area contributed by atoms with Gasteiger partial charge in [-0.15, -0.1) is 0 Å². The molecule has 0 atom stereocenters. The Morgan fingerprint density at radius 3 is 2.57 bits per heavy atom. The summed E-state index contributed by atoms with van der Waals surface area (Å²) >= 11 is 0. The standard InChI is InChI=1S/C8H11N3O3/c1-5(2)10-4-3-6(9)7(8(10)12)11(13)14/h3-5H,9H2,1-2H3. The lowest BCUT2D eigenvalue weighted by Crippen LogP contribution is -2.24. The van der Waals surface area contributed by atoms with Crippen LogP contribution in [-0.2, 0) is 0 Å². The molecule has 14 heavy (non-hydrogen) atoms. The van der Waals surface area contributed by atoms with Gasteiger partial charge >= 0.3 is 11.2 Å². The van der Waals surface area contributed by atoms with Crippen molar-refractivity contribution in [3.05, 3.63) is 32.7 Å². The summed E-state index contributed by atoms with van der Waals surface area (Å²) in [6.07, 6.45) is 1.45. The van der Waals surface area contributed by atoms with Gasteiger partial charge < -0.3 is 10.3 Å². The van der Waals surface area contributed by atoms with Gasteiger partial charge in [0.1, 0.15) is 5.69 Å². The van der Waals surface area contributed by atoms with Crippen molar-refractivity contribution < 1.29 is 4.92 Å². The van der Waals surface area contributed by atoms with Crippen LogP contribution >= 0.6 is 0 Å². The van der Waals surface area contributed by atoms with E-state index in [1.54, 1.807) is 13.8 Å². The molecule has 0 saturated carbocycles. The van der Waals surface area contributed by atoms with Crippen LogP contribution < -0.4 is 11.3 Å². The van der Waals surface area contributed by atoms with E-state index in [0.29, 0.717) is 0 Å². The van der Waals surface area contributed by atoms with Crippen molar-refractivity contribution in [1.82, 2.24) is 4.57 Å². The Bertz CT molecular complexity index is 422. The zero-order valence-corrected chi connectivity index (χ0v) is 7.93. The molecule has 0 radical (unpaired) electrons. The molecular weight excluding hydrogens is 186 g/mol. The summed E-state index contributed by atoms with van der Waals surface area (Å²) in [5.74, 6) is 0. The predicted octanol–water partition coefficient (Wildman–Crippen LogP) is 0.920. The number of nitrogens with two attached hydrogens (primary N) is 1. The molecule has 0 amide bonds.